The molecule has 0 spiro atoms. The van der Waals surface area contributed by atoms with E-state index in [-0.39, 0.29) is 6.54 Å². The number of rotatable bonds is 4. The van der Waals surface area contributed by atoms with Gasteiger partial charge in [-0.05, 0) is 24.5 Å². The van der Waals surface area contributed by atoms with E-state index in [0.29, 0.717) is 18.1 Å². The van der Waals surface area contributed by atoms with Crippen molar-refractivity contribution in [3.05, 3.63) is 34.9 Å². The topological polar surface area (TPSA) is 49.4 Å². The third-order valence-electron chi connectivity index (χ3n) is 3.31. The molecule has 1 heterocycles. The predicted octanol–water partition coefficient (Wildman–Crippen LogP) is 2.55. The van der Waals surface area contributed by atoms with Crippen LogP contribution >= 0.6 is 11.6 Å². The zero-order valence-electron chi connectivity index (χ0n) is 10.8. The summed E-state index contributed by atoms with van der Waals surface area (Å²) >= 11 is 6.02. The van der Waals surface area contributed by atoms with Crippen molar-refractivity contribution >= 4 is 21.8 Å². The molecule has 1 aromatic rings. The molecule has 19 heavy (non-hydrogen) atoms. The first-order valence-corrected chi connectivity index (χ1v) is 8.39. The molecule has 0 unspecified atom stereocenters. The lowest BCUT2D eigenvalue weighted by Gasteiger charge is -2.20. The minimum absolute atomic E-state index is 0.235. The van der Waals surface area contributed by atoms with Crippen molar-refractivity contribution in [2.75, 3.05) is 13.1 Å². The summed E-state index contributed by atoms with van der Waals surface area (Å²) in [4.78, 5) is 0. The van der Waals surface area contributed by atoms with E-state index in [4.69, 9.17) is 11.6 Å². The molecule has 1 N–H and O–H groups in total. The Kier molecular flexibility index (Phi) is 5.21. The van der Waals surface area contributed by atoms with Crippen molar-refractivity contribution in [3.8, 4) is 0 Å². The van der Waals surface area contributed by atoms with E-state index >= 15 is 0 Å². The Labute approximate surface area is 119 Å². The number of nitrogens with zero attached hydrogens (tertiary/aromatic N) is 1. The van der Waals surface area contributed by atoms with E-state index in [1.54, 1.807) is 6.07 Å². The van der Waals surface area contributed by atoms with Gasteiger partial charge in [0.15, 0.2) is 0 Å². The molecule has 1 saturated heterocycles. The molecule has 0 atom stereocenters. The number of hydrogen-bond donors (Lipinski definition) is 1. The minimum atomic E-state index is -3.40. The van der Waals surface area contributed by atoms with Crippen LogP contribution in [0.2, 0.25) is 5.02 Å². The van der Waals surface area contributed by atoms with Crippen LogP contribution in [-0.4, -0.2) is 25.8 Å². The van der Waals surface area contributed by atoms with Crippen LogP contribution in [0.5, 0.6) is 0 Å². The van der Waals surface area contributed by atoms with Crippen LogP contribution in [0.1, 0.15) is 31.2 Å². The van der Waals surface area contributed by atoms with E-state index in [2.05, 4.69) is 4.72 Å². The third kappa shape index (κ3) is 4.18. The Morgan fingerprint density at radius 1 is 1.11 bits per heavy atom. The molecule has 0 aliphatic carbocycles. The normalized spacial score (nSPS) is 18.2. The largest absolute Gasteiger partial charge is 0.279 e. The van der Waals surface area contributed by atoms with Gasteiger partial charge in [0.05, 0.1) is 0 Å². The molecular weight excluding hydrogens is 284 g/mol. The Bertz CT molecular complexity index is 511. The van der Waals surface area contributed by atoms with Crippen LogP contribution in [0.15, 0.2) is 24.3 Å². The zero-order valence-corrected chi connectivity index (χ0v) is 12.4. The smallest absolute Gasteiger partial charge is 0.198 e. The Morgan fingerprint density at radius 2 is 1.74 bits per heavy atom. The fraction of sp³-hybridized carbons (Fsp3) is 0.538. The van der Waals surface area contributed by atoms with Crippen LogP contribution in [-0.2, 0) is 16.8 Å². The van der Waals surface area contributed by atoms with Crippen LogP contribution in [0.25, 0.3) is 0 Å². The van der Waals surface area contributed by atoms with Crippen molar-refractivity contribution in [1.82, 2.24) is 9.03 Å². The van der Waals surface area contributed by atoms with Gasteiger partial charge in [0.25, 0.3) is 10.2 Å². The fourth-order valence-corrected chi connectivity index (χ4v) is 3.65. The SMILES string of the molecule is O=S(=O)(NCc1ccccc1Cl)N1CCCCCC1. The highest BCUT2D eigenvalue weighted by Gasteiger charge is 2.22. The van der Waals surface area contributed by atoms with Gasteiger partial charge in [-0.25, -0.2) is 0 Å². The zero-order chi connectivity index (χ0) is 13.7. The van der Waals surface area contributed by atoms with Gasteiger partial charge in [-0.2, -0.15) is 17.4 Å². The number of nitrogens with one attached hydrogen (secondary N) is 1. The third-order valence-corrected chi connectivity index (χ3v) is 5.23. The molecule has 2 rings (SSSR count). The van der Waals surface area contributed by atoms with Crippen molar-refractivity contribution in [2.45, 2.75) is 32.2 Å². The number of halogens is 1. The lowest BCUT2D eigenvalue weighted by molar-refractivity contribution is 0.414. The summed E-state index contributed by atoms with van der Waals surface area (Å²) in [6.07, 6.45) is 4.09. The highest BCUT2D eigenvalue weighted by molar-refractivity contribution is 7.87. The molecule has 0 saturated carbocycles. The van der Waals surface area contributed by atoms with Gasteiger partial charge in [0, 0.05) is 24.7 Å². The summed E-state index contributed by atoms with van der Waals surface area (Å²) in [5, 5.41) is 0.584. The molecular formula is C13H19ClN2O2S. The standard InChI is InChI=1S/C13H19ClN2O2S/c14-13-8-4-3-7-12(13)11-15-19(17,18)16-9-5-1-2-6-10-16/h3-4,7-8,15H,1-2,5-6,9-11H2. The highest BCUT2D eigenvalue weighted by atomic mass is 35.5. The van der Waals surface area contributed by atoms with Gasteiger partial charge >= 0.3 is 0 Å². The van der Waals surface area contributed by atoms with Crippen LogP contribution in [0, 0.1) is 0 Å². The Hall–Kier alpha value is -0.620. The van der Waals surface area contributed by atoms with Gasteiger partial charge in [0.1, 0.15) is 0 Å². The van der Waals surface area contributed by atoms with E-state index in [0.717, 1.165) is 31.2 Å². The van der Waals surface area contributed by atoms with E-state index in [9.17, 15) is 8.42 Å². The lowest BCUT2D eigenvalue weighted by atomic mass is 10.2. The summed E-state index contributed by atoms with van der Waals surface area (Å²) < 4.78 is 28.6. The molecule has 1 aromatic carbocycles. The van der Waals surface area contributed by atoms with E-state index in [1.165, 1.54) is 4.31 Å². The maximum atomic E-state index is 12.2. The average molecular weight is 303 g/mol. The molecule has 6 heteroatoms. The van der Waals surface area contributed by atoms with E-state index < -0.39 is 10.2 Å². The molecule has 0 aromatic heterocycles. The van der Waals surface area contributed by atoms with Crippen molar-refractivity contribution in [3.63, 3.8) is 0 Å². The lowest BCUT2D eigenvalue weighted by Crippen LogP contribution is -2.40. The quantitative estimate of drug-likeness (QED) is 0.929. The molecule has 4 nitrogen and oxygen atoms in total. The van der Waals surface area contributed by atoms with Crippen LogP contribution in [0.3, 0.4) is 0 Å². The summed E-state index contributed by atoms with van der Waals surface area (Å²) in [6.45, 7) is 1.45. The summed E-state index contributed by atoms with van der Waals surface area (Å²) in [5.74, 6) is 0. The van der Waals surface area contributed by atoms with Crippen molar-refractivity contribution in [1.29, 1.82) is 0 Å². The Morgan fingerprint density at radius 3 is 2.37 bits per heavy atom. The summed E-state index contributed by atoms with van der Waals surface area (Å²) in [6, 6.07) is 7.26. The first kappa shape index (κ1) is 14.8. The maximum Gasteiger partial charge on any atom is 0.279 e. The van der Waals surface area contributed by atoms with Crippen LogP contribution < -0.4 is 4.72 Å². The first-order chi connectivity index (χ1) is 9.09. The first-order valence-electron chi connectivity index (χ1n) is 6.58. The fourth-order valence-electron chi connectivity index (χ4n) is 2.18. The Balaban J connectivity index is 1.99. The highest BCUT2D eigenvalue weighted by Crippen LogP contribution is 2.16. The number of hydrogen-bond acceptors (Lipinski definition) is 2. The molecule has 1 fully saturated rings. The van der Waals surface area contributed by atoms with E-state index in [1.807, 2.05) is 18.2 Å². The second-order valence-corrected chi connectivity index (χ2v) is 6.89. The monoisotopic (exact) mass is 302 g/mol. The second kappa shape index (κ2) is 6.70. The molecule has 1 aliphatic rings. The summed E-state index contributed by atoms with van der Waals surface area (Å²) in [7, 11) is -3.40. The average Bonchev–Trinajstić information content (AvgIpc) is 2.67. The van der Waals surface area contributed by atoms with Crippen LogP contribution in [0.4, 0.5) is 0 Å². The van der Waals surface area contributed by atoms with Gasteiger partial charge in [-0.15, -0.1) is 0 Å². The second-order valence-electron chi connectivity index (χ2n) is 4.73. The van der Waals surface area contributed by atoms with Crippen molar-refractivity contribution < 1.29 is 8.42 Å². The van der Waals surface area contributed by atoms with Gasteiger partial charge in [0.2, 0.25) is 0 Å². The molecule has 0 amide bonds. The van der Waals surface area contributed by atoms with Gasteiger partial charge < -0.3 is 0 Å². The minimum Gasteiger partial charge on any atom is -0.198 e. The predicted molar refractivity (Wildman–Crippen MR) is 77.3 cm³/mol. The molecule has 0 bridgehead atoms. The van der Waals surface area contributed by atoms with Gasteiger partial charge in [-0.1, -0.05) is 42.6 Å². The van der Waals surface area contributed by atoms with Gasteiger partial charge in [-0.3, -0.25) is 0 Å². The molecule has 1 aliphatic heterocycles. The number of benzene rings is 1. The van der Waals surface area contributed by atoms with Crippen molar-refractivity contribution in [2.24, 2.45) is 0 Å². The maximum absolute atomic E-state index is 12.2. The molecule has 106 valence electrons. The summed E-state index contributed by atoms with van der Waals surface area (Å²) in [5.41, 5.74) is 0.794. The molecule has 0 radical (unpaired) electrons.